The monoisotopic (exact) mass is 336 g/mol. The van der Waals surface area contributed by atoms with Crippen molar-refractivity contribution in [1.82, 2.24) is 4.98 Å². The van der Waals surface area contributed by atoms with Crippen LogP contribution in [0.3, 0.4) is 0 Å². The third-order valence-electron chi connectivity index (χ3n) is 4.22. The van der Waals surface area contributed by atoms with E-state index in [0.717, 1.165) is 30.7 Å². The molecule has 126 valence electrons. The van der Waals surface area contributed by atoms with E-state index in [0.29, 0.717) is 12.4 Å². The van der Waals surface area contributed by atoms with Gasteiger partial charge in [-0.05, 0) is 36.2 Å². The second-order valence-corrected chi connectivity index (χ2v) is 5.76. The van der Waals surface area contributed by atoms with Crippen LogP contribution in [0.5, 0.6) is 0 Å². The molecular weight excluding hydrogens is 321 g/mol. The molecule has 3 rings (SSSR count). The molecule has 0 aliphatic carbocycles. The molecule has 24 heavy (non-hydrogen) atoms. The summed E-state index contributed by atoms with van der Waals surface area (Å²) in [6.07, 6.45) is -2.20. The Bertz CT molecular complexity index is 727. The van der Waals surface area contributed by atoms with Crippen LogP contribution in [0.4, 0.5) is 19.0 Å². The fourth-order valence-corrected chi connectivity index (χ4v) is 2.88. The van der Waals surface area contributed by atoms with Gasteiger partial charge >= 0.3 is 12.1 Å². The van der Waals surface area contributed by atoms with Gasteiger partial charge in [-0.15, -0.1) is 0 Å². The van der Waals surface area contributed by atoms with Crippen molar-refractivity contribution in [3.05, 3.63) is 59.3 Å². The van der Waals surface area contributed by atoms with Crippen molar-refractivity contribution in [2.24, 2.45) is 0 Å². The summed E-state index contributed by atoms with van der Waals surface area (Å²) in [5, 5.41) is 8.88. The molecule has 2 heterocycles. The molecule has 1 atom stereocenters. The van der Waals surface area contributed by atoms with Crippen molar-refractivity contribution in [1.29, 1.82) is 0 Å². The van der Waals surface area contributed by atoms with E-state index >= 15 is 0 Å². The maximum atomic E-state index is 12.6. The van der Waals surface area contributed by atoms with Gasteiger partial charge in [-0.2, -0.15) is 13.2 Å². The second-order valence-electron chi connectivity index (χ2n) is 5.76. The van der Waals surface area contributed by atoms with Crippen LogP contribution in [0.15, 0.2) is 42.6 Å². The summed E-state index contributed by atoms with van der Waals surface area (Å²) < 4.78 is 37.8. The van der Waals surface area contributed by atoms with E-state index < -0.39 is 17.7 Å². The molecule has 0 bridgehead atoms. The lowest BCUT2D eigenvalue weighted by molar-refractivity contribution is -0.137. The van der Waals surface area contributed by atoms with Crippen LogP contribution in [-0.4, -0.2) is 29.1 Å². The summed E-state index contributed by atoms with van der Waals surface area (Å²) in [6.45, 7) is 1.37. The van der Waals surface area contributed by atoms with E-state index in [1.165, 1.54) is 24.4 Å². The van der Waals surface area contributed by atoms with Crippen molar-refractivity contribution in [3.63, 3.8) is 0 Å². The Balaban J connectivity index is 1.70. The maximum absolute atomic E-state index is 12.6. The number of carbonyl (C=O) groups is 1. The topological polar surface area (TPSA) is 53.4 Å². The number of pyridine rings is 1. The highest BCUT2D eigenvalue weighted by Crippen LogP contribution is 2.33. The number of carboxylic acids is 1. The molecule has 1 aliphatic rings. The molecule has 1 aliphatic heterocycles. The number of aromatic carboxylic acids is 1. The smallest absolute Gasteiger partial charge is 0.416 e. The minimum atomic E-state index is -4.32. The minimum Gasteiger partial charge on any atom is -0.478 e. The van der Waals surface area contributed by atoms with E-state index in [4.69, 9.17) is 5.11 Å². The number of hydrogen-bond acceptors (Lipinski definition) is 3. The van der Waals surface area contributed by atoms with Gasteiger partial charge in [0.15, 0.2) is 0 Å². The summed E-state index contributed by atoms with van der Waals surface area (Å²) in [5.41, 5.74) is 0.344. The molecule has 2 aromatic rings. The van der Waals surface area contributed by atoms with Gasteiger partial charge < -0.3 is 10.0 Å². The van der Waals surface area contributed by atoms with Crippen molar-refractivity contribution in [2.75, 3.05) is 18.0 Å². The van der Waals surface area contributed by atoms with Gasteiger partial charge in [0.25, 0.3) is 0 Å². The predicted octanol–water partition coefficient (Wildman–Crippen LogP) is 3.79. The lowest BCUT2D eigenvalue weighted by Crippen LogP contribution is -2.20. The zero-order valence-electron chi connectivity index (χ0n) is 12.6. The summed E-state index contributed by atoms with van der Waals surface area (Å²) >= 11 is 0. The van der Waals surface area contributed by atoms with Crippen molar-refractivity contribution in [3.8, 4) is 0 Å². The van der Waals surface area contributed by atoms with Crippen LogP contribution < -0.4 is 4.90 Å². The molecule has 1 aromatic carbocycles. The van der Waals surface area contributed by atoms with Crippen molar-refractivity contribution < 1.29 is 23.1 Å². The van der Waals surface area contributed by atoms with Gasteiger partial charge in [-0.25, -0.2) is 9.78 Å². The largest absolute Gasteiger partial charge is 0.478 e. The third kappa shape index (κ3) is 3.34. The average molecular weight is 336 g/mol. The quantitative estimate of drug-likeness (QED) is 0.926. The number of nitrogens with zero attached hydrogens (tertiary/aromatic N) is 2. The molecule has 1 unspecified atom stereocenters. The first kappa shape index (κ1) is 16.3. The van der Waals surface area contributed by atoms with E-state index in [1.54, 1.807) is 6.07 Å². The van der Waals surface area contributed by atoms with E-state index in [1.807, 2.05) is 4.90 Å². The van der Waals surface area contributed by atoms with Crippen molar-refractivity contribution >= 4 is 11.8 Å². The molecule has 0 spiro atoms. The third-order valence-corrected chi connectivity index (χ3v) is 4.22. The van der Waals surface area contributed by atoms with Crippen LogP contribution in [0, 0.1) is 0 Å². The zero-order valence-corrected chi connectivity index (χ0v) is 12.6. The molecule has 1 saturated heterocycles. The van der Waals surface area contributed by atoms with E-state index in [2.05, 4.69) is 4.98 Å². The van der Waals surface area contributed by atoms with Crippen molar-refractivity contribution in [2.45, 2.75) is 18.5 Å². The first-order valence-corrected chi connectivity index (χ1v) is 7.46. The van der Waals surface area contributed by atoms with Crippen LogP contribution >= 0.6 is 0 Å². The summed E-state index contributed by atoms with van der Waals surface area (Å²) in [7, 11) is 0. The summed E-state index contributed by atoms with van der Waals surface area (Å²) in [4.78, 5) is 17.0. The highest BCUT2D eigenvalue weighted by molar-refractivity contribution is 5.87. The zero-order chi connectivity index (χ0) is 17.3. The Hall–Kier alpha value is -2.57. The lowest BCUT2D eigenvalue weighted by atomic mass is 9.97. The van der Waals surface area contributed by atoms with Gasteiger partial charge in [-0.3, -0.25) is 0 Å². The SMILES string of the molecule is O=C(O)c1ccc(N2CCC(c3ccc(C(F)(F)F)cc3)C2)nc1. The number of hydrogen-bond donors (Lipinski definition) is 1. The van der Waals surface area contributed by atoms with Crippen LogP contribution in [0.2, 0.25) is 0 Å². The molecule has 0 amide bonds. The molecule has 0 radical (unpaired) electrons. The van der Waals surface area contributed by atoms with E-state index in [9.17, 15) is 18.0 Å². The molecule has 1 aromatic heterocycles. The van der Waals surface area contributed by atoms with E-state index in [-0.39, 0.29) is 11.5 Å². The van der Waals surface area contributed by atoms with Crippen LogP contribution in [-0.2, 0) is 6.18 Å². The van der Waals surface area contributed by atoms with Crippen LogP contribution in [0.1, 0.15) is 33.8 Å². The number of halogens is 3. The Morgan fingerprint density at radius 3 is 2.42 bits per heavy atom. The fourth-order valence-electron chi connectivity index (χ4n) is 2.88. The van der Waals surface area contributed by atoms with Gasteiger partial charge in [0.2, 0.25) is 0 Å². The van der Waals surface area contributed by atoms with Gasteiger partial charge in [0.1, 0.15) is 5.82 Å². The number of alkyl halides is 3. The fraction of sp³-hybridized carbons (Fsp3) is 0.294. The van der Waals surface area contributed by atoms with Gasteiger partial charge in [-0.1, -0.05) is 12.1 Å². The molecular formula is C17H15F3N2O2. The Kier molecular flexibility index (Phi) is 4.17. The number of aromatic nitrogens is 1. The predicted molar refractivity (Wildman–Crippen MR) is 82.2 cm³/mol. The summed E-state index contributed by atoms with van der Waals surface area (Å²) in [6, 6.07) is 8.42. The normalized spacial score (nSPS) is 18.0. The first-order chi connectivity index (χ1) is 11.3. The average Bonchev–Trinajstić information content (AvgIpc) is 3.04. The lowest BCUT2D eigenvalue weighted by Gasteiger charge is -2.18. The molecule has 1 N–H and O–H groups in total. The highest BCUT2D eigenvalue weighted by Gasteiger charge is 2.31. The Morgan fingerprint density at radius 2 is 1.88 bits per heavy atom. The maximum Gasteiger partial charge on any atom is 0.416 e. The van der Waals surface area contributed by atoms with Crippen LogP contribution in [0.25, 0.3) is 0 Å². The number of benzene rings is 1. The molecule has 7 heteroatoms. The number of carboxylic acid groups (broad SMARTS) is 1. The second kappa shape index (κ2) is 6.14. The minimum absolute atomic E-state index is 0.122. The van der Waals surface area contributed by atoms with Gasteiger partial charge in [0, 0.05) is 25.2 Å². The summed E-state index contributed by atoms with van der Waals surface area (Å²) in [5.74, 6) is -0.222. The van der Waals surface area contributed by atoms with Gasteiger partial charge in [0.05, 0.1) is 11.1 Å². The molecule has 1 fully saturated rings. The number of rotatable bonds is 3. The molecule has 0 saturated carbocycles. The standard InChI is InChI=1S/C17H15F3N2O2/c18-17(19,20)14-4-1-11(2-5-14)13-7-8-22(10-13)15-6-3-12(9-21-15)16(23)24/h1-6,9,13H,7-8,10H2,(H,23,24). The Morgan fingerprint density at radius 1 is 1.17 bits per heavy atom. The molecule has 4 nitrogen and oxygen atoms in total. The highest BCUT2D eigenvalue weighted by atomic mass is 19.4. The first-order valence-electron chi connectivity index (χ1n) is 7.46. The number of anilines is 1. The Labute approximate surface area is 136 Å².